The van der Waals surface area contributed by atoms with Crippen molar-refractivity contribution in [2.75, 3.05) is 28.7 Å². The minimum atomic E-state index is -0.616. The third-order valence-corrected chi connectivity index (χ3v) is 5.93. The highest BCUT2D eigenvalue weighted by Gasteiger charge is 2.19. The van der Waals surface area contributed by atoms with E-state index in [0.29, 0.717) is 23.7 Å². The number of anilines is 3. The minimum Gasteiger partial charge on any atom is -0.506 e. The van der Waals surface area contributed by atoms with Gasteiger partial charge < -0.3 is 25.4 Å². The first-order valence-corrected chi connectivity index (χ1v) is 12.2. The van der Waals surface area contributed by atoms with Crippen LogP contribution in [0.1, 0.15) is 36.5 Å². The summed E-state index contributed by atoms with van der Waals surface area (Å²) in [5.74, 6) is 0.193. The molecule has 0 aromatic heterocycles. The first kappa shape index (κ1) is 27.4. The van der Waals surface area contributed by atoms with Crippen LogP contribution in [-0.4, -0.2) is 30.2 Å². The molecule has 0 radical (unpaired) electrons. The Balaban J connectivity index is 1.70. The number of aromatic hydroxyl groups is 1. The van der Waals surface area contributed by atoms with E-state index in [1.165, 1.54) is 24.3 Å². The van der Waals surface area contributed by atoms with Crippen LogP contribution < -0.4 is 20.3 Å². The number of carbonyl (C=O) groups excluding carboxylic acids is 2. The second kappa shape index (κ2) is 12.7. The number of benzene rings is 3. The average molecular weight is 521 g/mol. The fraction of sp³-hybridized carbons (Fsp3) is 0.250. The summed E-state index contributed by atoms with van der Waals surface area (Å²) in [5.41, 5.74) is 3.30. The molecule has 8 nitrogen and oxygen atoms in total. The predicted octanol–water partition coefficient (Wildman–Crippen LogP) is 6.39. The van der Waals surface area contributed by atoms with Crippen molar-refractivity contribution in [1.82, 2.24) is 0 Å². The lowest BCUT2D eigenvalue weighted by molar-refractivity contribution is -0.120. The fourth-order valence-corrected chi connectivity index (χ4v) is 3.82. The molecule has 0 aliphatic rings. The number of amides is 3. The molecule has 0 saturated carbocycles. The monoisotopic (exact) mass is 520 g/mol. The van der Waals surface area contributed by atoms with Gasteiger partial charge in [0, 0.05) is 24.0 Å². The topological polar surface area (TPSA) is 115 Å². The molecule has 37 heavy (non-hydrogen) atoms. The standard InChI is InChI=1S/C28H29ClN4O4/c1-4-5-12-33(27(35)17-37-26-11-6-18(2)13-19(26)3)22-8-10-24(25(34)15-22)32-28(36)31-21-7-9-23(29)20(14-21)16-30/h6-11,13-15,34H,4-5,12,17H2,1-3H3,(H2,31,32,36). The second-order valence-electron chi connectivity index (χ2n) is 8.54. The molecule has 3 amide bonds. The van der Waals surface area contributed by atoms with Crippen LogP contribution in [0.4, 0.5) is 21.9 Å². The number of nitrogens with zero attached hydrogens (tertiary/aromatic N) is 2. The Morgan fingerprint density at radius 3 is 2.54 bits per heavy atom. The maximum atomic E-state index is 13.1. The molecule has 0 bridgehead atoms. The molecule has 0 spiro atoms. The van der Waals surface area contributed by atoms with Crippen LogP contribution >= 0.6 is 11.6 Å². The molecule has 0 heterocycles. The van der Waals surface area contributed by atoms with Crippen molar-refractivity contribution in [3.05, 3.63) is 76.3 Å². The van der Waals surface area contributed by atoms with Gasteiger partial charge in [0.25, 0.3) is 5.91 Å². The summed E-state index contributed by atoms with van der Waals surface area (Å²) < 4.78 is 5.78. The lowest BCUT2D eigenvalue weighted by atomic mass is 10.1. The van der Waals surface area contributed by atoms with Crippen LogP contribution in [0.15, 0.2) is 54.6 Å². The fourth-order valence-electron chi connectivity index (χ4n) is 3.66. The van der Waals surface area contributed by atoms with E-state index < -0.39 is 6.03 Å². The van der Waals surface area contributed by atoms with Gasteiger partial charge in [-0.25, -0.2) is 4.79 Å². The molecular formula is C28H29ClN4O4. The molecule has 0 aliphatic heterocycles. The van der Waals surface area contributed by atoms with E-state index in [2.05, 4.69) is 10.6 Å². The van der Waals surface area contributed by atoms with Gasteiger partial charge in [-0.05, 0) is 62.2 Å². The quantitative estimate of drug-likeness (QED) is 0.283. The Morgan fingerprint density at radius 2 is 1.86 bits per heavy atom. The Bertz CT molecular complexity index is 1340. The van der Waals surface area contributed by atoms with Crippen molar-refractivity contribution in [1.29, 1.82) is 5.26 Å². The molecule has 3 aromatic rings. The number of hydrogen-bond acceptors (Lipinski definition) is 5. The summed E-state index contributed by atoms with van der Waals surface area (Å²) in [6, 6.07) is 16.2. The molecule has 0 saturated heterocycles. The van der Waals surface area contributed by atoms with Crippen molar-refractivity contribution in [2.24, 2.45) is 0 Å². The number of phenolic OH excluding ortho intramolecular Hbond substituents is 1. The van der Waals surface area contributed by atoms with Crippen LogP contribution in [0.5, 0.6) is 11.5 Å². The van der Waals surface area contributed by atoms with Crippen LogP contribution in [0, 0.1) is 25.2 Å². The largest absolute Gasteiger partial charge is 0.506 e. The molecule has 0 aliphatic carbocycles. The minimum absolute atomic E-state index is 0.150. The van der Waals surface area contributed by atoms with E-state index in [9.17, 15) is 14.7 Å². The number of nitrogens with one attached hydrogen (secondary N) is 2. The number of phenols is 1. The molecule has 0 unspecified atom stereocenters. The number of ether oxygens (including phenoxy) is 1. The first-order chi connectivity index (χ1) is 17.7. The van der Waals surface area contributed by atoms with Gasteiger partial charge in [-0.2, -0.15) is 5.26 Å². The van der Waals surface area contributed by atoms with Crippen molar-refractivity contribution >= 4 is 40.6 Å². The van der Waals surface area contributed by atoms with Crippen molar-refractivity contribution in [3.63, 3.8) is 0 Å². The van der Waals surface area contributed by atoms with Gasteiger partial charge in [-0.1, -0.05) is 42.6 Å². The number of unbranched alkanes of at least 4 members (excludes halogenated alkanes) is 1. The maximum Gasteiger partial charge on any atom is 0.323 e. The van der Waals surface area contributed by atoms with E-state index in [0.717, 1.165) is 24.0 Å². The van der Waals surface area contributed by atoms with Crippen molar-refractivity contribution in [2.45, 2.75) is 33.6 Å². The highest BCUT2D eigenvalue weighted by molar-refractivity contribution is 6.31. The Kier molecular flexibility index (Phi) is 9.36. The number of urea groups is 1. The van der Waals surface area contributed by atoms with E-state index in [-0.39, 0.29) is 34.5 Å². The molecule has 192 valence electrons. The molecule has 3 N–H and O–H groups in total. The number of nitriles is 1. The zero-order valence-electron chi connectivity index (χ0n) is 21.0. The maximum absolute atomic E-state index is 13.1. The number of hydrogen-bond donors (Lipinski definition) is 3. The number of halogens is 1. The molecule has 9 heteroatoms. The van der Waals surface area contributed by atoms with Gasteiger partial charge in [-0.3, -0.25) is 4.79 Å². The summed E-state index contributed by atoms with van der Waals surface area (Å²) in [4.78, 5) is 27.1. The van der Waals surface area contributed by atoms with Crippen LogP contribution in [0.2, 0.25) is 5.02 Å². The Hall–Kier alpha value is -4.22. The normalized spacial score (nSPS) is 10.4. The molecule has 0 fully saturated rings. The summed E-state index contributed by atoms with van der Waals surface area (Å²) in [6.45, 7) is 6.25. The van der Waals surface area contributed by atoms with Gasteiger partial charge in [0.1, 0.15) is 17.6 Å². The van der Waals surface area contributed by atoms with Crippen molar-refractivity contribution in [3.8, 4) is 17.6 Å². The van der Waals surface area contributed by atoms with Gasteiger partial charge in [-0.15, -0.1) is 0 Å². The number of rotatable bonds is 9. The first-order valence-electron chi connectivity index (χ1n) is 11.8. The zero-order valence-corrected chi connectivity index (χ0v) is 21.7. The molecule has 3 aromatic carbocycles. The van der Waals surface area contributed by atoms with E-state index in [1.54, 1.807) is 17.0 Å². The predicted molar refractivity (Wildman–Crippen MR) is 146 cm³/mol. The summed E-state index contributed by atoms with van der Waals surface area (Å²) in [7, 11) is 0. The third-order valence-electron chi connectivity index (χ3n) is 5.60. The summed E-state index contributed by atoms with van der Waals surface area (Å²) >= 11 is 5.92. The number of carbonyl (C=O) groups is 2. The highest BCUT2D eigenvalue weighted by Crippen LogP contribution is 2.30. The lowest BCUT2D eigenvalue weighted by Gasteiger charge is -2.24. The van der Waals surface area contributed by atoms with E-state index in [1.807, 2.05) is 45.0 Å². The SMILES string of the molecule is CCCCN(C(=O)COc1ccc(C)cc1C)c1ccc(NC(=O)Nc2ccc(Cl)c(C#N)c2)c(O)c1. The summed E-state index contributed by atoms with van der Waals surface area (Å²) in [6.07, 6.45) is 1.65. The Morgan fingerprint density at radius 1 is 1.08 bits per heavy atom. The van der Waals surface area contributed by atoms with Gasteiger partial charge in [0.05, 0.1) is 16.3 Å². The smallest absolute Gasteiger partial charge is 0.323 e. The van der Waals surface area contributed by atoms with E-state index >= 15 is 0 Å². The lowest BCUT2D eigenvalue weighted by Crippen LogP contribution is -2.36. The average Bonchev–Trinajstić information content (AvgIpc) is 2.86. The second-order valence-corrected chi connectivity index (χ2v) is 8.95. The molecule has 0 atom stereocenters. The van der Waals surface area contributed by atoms with Crippen LogP contribution in [0.25, 0.3) is 0 Å². The third kappa shape index (κ3) is 7.38. The highest BCUT2D eigenvalue weighted by atomic mass is 35.5. The van der Waals surface area contributed by atoms with Crippen LogP contribution in [-0.2, 0) is 4.79 Å². The zero-order chi connectivity index (χ0) is 26.9. The van der Waals surface area contributed by atoms with Crippen LogP contribution in [0.3, 0.4) is 0 Å². The van der Waals surface area contributed by atoms with Crippen molar-refractivity contribution < 1.29 is 19.4 Å². The van der Waals surface area contributed by atoms with Gasteiger partial charge in [0.15, 0.2) is 6.61 Å². The molecular weight excluding hydrogens is 492 g/mol. The van der Waals surface area contributed by atoms with E-state index in [4.69, 9.17) is 21.6 Å². The molecule has 3 rings (SSSR count). The van der Waals surface area contributed by atoms with Gasteiger partial charge >= 0.3 is 6.03 Å². The summed E-state index contributed by atoms with van der Waals surface area (Å²) in [5, 5.41) is 25.1. The number of aryl methyl sites for hydroxylation is 2. The Labute approximate surface area is 221 Å². The van der Waals surface area contributed by atoms with Gasteiger partial charge in [0.2, 0.25) is 0 Å².